The number of likely N-dealkylation sites (tertiary alicyclic amines) is 1. The van der Waals surface area contributed by atoms with Crippen molar-refractivity contribution in [2.24, 2.45) is 0 Å². The first kappa shape index (κ1) is 15.7. The Labute approximate surface area is 123 Å². The van der Waals surface area contributed by atoms with Crippen LogP contribution in [0.2, 0.25) is 0 Å². The topological polar surface area (TPSA) is 47.6 Å². The van der Waals surface area contributed by atoms with E-state index < -0.39 is 5.54 Å². The van der Waals surface area contributed by atoms with Crippen LogP contribution in [0.25, 0.3) is 0 Å². The number of nitrogens with zero attached hydrogens (tertiary/aromatic N) is 2. The third-order valence-electron chi connectivity index (χ3n) is 4.57. The van der Waals surface area contributed by atoms with Crippen molar-refractivity contribution in [2.75, 3.05) is 45.8 Å². The van der Waals surface area contributed by atoms with Gasteiger partial charge in [-0.3, -0.25) is 9.69 Å². The number of nitrogens with one attached hydrogen (secondary N) is 2. The van der Waals surface area contributed by atoms with Crippen LogP contribution in [0.4, 0.5) is 0 Å². The van der Waals surface area contributed by atoms with E-state index in [1.165, 1.54) is 25.9 Å². The van der Waals surface area contributed by atoms with Gasteiger partial charge in [0.25, 0.3) is 0 Å². The van der Waals surface area contributed by atoms with Crippen LogP contribution in [0.1, 0.15) is 33.6 Å². The highest BCUT2D eigenvalue weighted by molar-refractivity contribution is 5.85. The van der Waals surface area contributed by atoms with Gasteiger partial charge in [-0.2, -0.15) is 0 Å². The lowest BCUT2D eigenvalue weighted by molar-refractivity contribution is -0.132. The fourth-order valence-corrected chi connectivity index (χ4v) is 3.17. The lowest BCUT2D eigenvalue weighted by Gasteiger charge is -2.40. The van der Waals surface area contributed by atoms with E-state index in [1.807, 2.05) is 13.8 Å². The molecular weight excluding hydrogens is 252 g/mol. The van der Waals surface area contributed by atoms with Crippen molar-refractivity contribution < 1.29 is 4.79 Å². The molecule has 2 fully saturated rings. The standard InChI is InChI=1S/C15H30N4O/c1-13(12-18-8-4-5-9-18)17-14(20)15(2,3)19-10-6-16-7-11-19/h13,16H,4-12H2,1-3H3,(H,17,20). The number of hydrogen-bond acceptors (Lipinski definition) is 4. The molecule has 2 heterocycles. The molecule has 1 unspecified atom stereocenters. The molecule has 2 saturated heterocycles. The molecule has 1 atom stereocenters. The van der Waals surface area contributed by atoms with Gasteiger partial charge in [-0.25, -0.2) is 0 Å². The molecule has 2 aliphatic rings. The third-order valence-corrected chi connectivity index (χ3v) is 4.57. The molecule has 0 aromatic heterocycles. The molecule has 116 valence electrons. The van der Waals surface area contributed by atoms with Gasteiger partial charge in [0, 0.05) is 38.8 Å². The average molecular weight is 282 g/mol. The molecule has 5 heteroatoms. The third kappa shape index (κ3) is 3.93. The number of amides is 1. The van der Waals surface area contributed by atoms with Crippen molar-refractivity contribution >= 4 is 5.91 Å². The second-order valence-corrected chi connectivity index (χ2v) is 6.68. The van der Waals surface area contributed by atoms with Crippen LogP contribution in [0, 0.1) is 0 Å². The second kappa shape index (κ2) is 6.87. The maximum Gasteiger partial charge on any atom is 0.240 e. The summed E-state index contributed by atoms with van der Waals surface area (Å²) in [5.41, 5.74) is -0.415. The molecule has 20 heavy (non-hydrogen) atoms. The number of piperazine rings is 1. The SMILES string of the molecule is CC(CN1CCCC1)NC(=O)C(C)(C)N1CCNCC1. The molecule has 0 aliphatic carbocycles. The minimum atomic E-state index is -0.415. The highest BCUT2D eigenvalue weighted by Gasteiger charge is 2.35. The molecule has 0 radical (unpaired) electrons. The van der Waals surface area contributed by atoms with Crippen LogP contribution in [0.3, 0.4) is 0 Å². The predicted octanol–water partition coefficient (Wildman–Crippen LogP) is 0.271. The van der Waals surface area contributed by atoms with E-state index in [4.69, 9.17) is 0 Å². The van der Waals surface area contributed by atoms with Gasteiger partial charge in [0.1, 0.15) is 0 Å². The Morgan fingerprint density at radius 3 is 2.40 bits per heavy atom. The highest BCUT2D eigenvalue weighted by Crippen LogP contribution is 2.16. The summed E-state index contributed by atoms with van der Waals surface area (Å²) >= 11 is 0. The minimum Gasteiger partial charge on any atom is -0.351 e. The van der Waals surface area contributed by atoms with Crippen LogP contribution in [-0.2, 0) is 4.79 Å². The molecule has 0 aromatic carbocycles. The highest BCUT2D eigenvalue weighted by atomic mass is 16.2. The zero-order valence-corrected chi connectivity index (χ0v) is 13.2. The van der Waals surface area contributed by atoms with Crippen LogP contribution < -0.4 is 10.6 Å². The van der Waals surface area contributed by atoms with E-state index in [2.05, 4.69) is 27.4 Å². The molecule has 0 spiro atoms. The zero-order valence-electron chi connectivity index (χ0n) is 13.2. The Kier molecular flexibility index (Phi) is 5.41. The van der Waals surface area contributed by atoms with Crippen LogP contribution >= 0.6 is 0 Å². The lowest BCUT2D eigenvalue weighted by Crippen LogP contribution is -2.61. The van der Waals surface area contributed by atoms with E-state index in [9.17, 15) is 4.79 Å². The Hall–Kier alpha value is -0.650. The van der Waals surface area contributed by atoms with Crippen molar-refractivity contribution in [1.29, 1.82) is 0 Å². The van der Waals surface area contributed by atoms with E-state index in [0.29, 0.717) is 0 Å². The van der Waals surface area contributed by atoms with E-state index >= 15 is 0 Å². The van der Waals surface area contributed by atoms with E-state index in [0.717, 1.165) is 32.7 Å². The minimum absolute atomic E-state index is 0.158. The summed E-state index contributed by atoms with van der Waals surface area (Å²) < 4.78 is 0. The van der Waals surface area contributed by atoms with Gasteiger partial charge in [0.15, 0.2) is 0 Å². The summed E-state index contributed by atoms with van der Waals surface area (Å²) in [5, 5.41) is 6.54. The number of carbonyl (C=O) groups is 1. The molecule has 2 rings (SSSR count). The molecule has 2 N–H and O–H groups in total. The number of carbonyl (C=O) groups excluding carboxylic acids is 1. The average Bonchev–Trinajstić information content (AvgIpc) is 2.92. The van der Waals surface area contributed by atoms with Crippen LogP contribution in [0.15, 0.2) is 0 Å². The Balaban J connectivity index is 1.82. The van der Waals surface area contributed by atoms with Gasteiger partial charge < -0.3 is 15.5 Å². The molecule has 0 saturated carbocycles. The summed E-state index contributed by atoms with van der Waals surface area (Å²) in [6, 6.07) is 0.225. The largest absolute Gasteiger partial charge is 0.351 e. The molecule has 2 aliphatic heterocycles. The lowest BCUT2D eigenvalue weighted by atomic mass is 10.00. The van der Waals surface area contributed by atoms with E-state index in [-0.39, 0.29) is 11.9 Å². The quantitative estimate of drug-likeness (QED) is 0.760. The van der Waals surface area contributed by atoms with Gasteiger partial charge in [0.2, 0.25) is 5.91 Å². The first-order valence-corrected chi connectivity index (χ1v) is 7.99. The smallest absolute Gasteiger partial charge is 0.240 e. The summed E-state index contributed by atoms with van der Waals surface area (Å²) in [5.74, 6) is 0.158. The Bertz CT molecular complexity index is 320. The number of hydrogen-bond donors (Lipinski definition) is 2. The summed E-state index contributed by atoms with van der Waals surface area (Å²) in [6.07, 6.45) is 2.60. The maximum atomic E-state index is 12.6. The molecule has 0 aromatic rings. The first-order valence-electron chi connectivity index (χ1n) is 7.99. The van der Waals surface area contributed by atoms with Gasteiger partial charge in [-0.1, -0.05) is 0 Å². The number of rotatable bonds is 5. The second-order valence-electron chi connectivity index (χ2n) is 6.68. The monoisotopic (exact) mass is 282 g/mol. The zero-order chi connectivity index (χ0) is 14.6. The molecule has 5 nitrogen and oxygen atoms in total. The fourth-order valence-electron chi connectivity index (χ4n) is 3.17. The van der Waals surface area contributed by atoms with Gasteiger partial charge in [-0.05, 0) is 46.7 Å². The Morgan fingerprint density at radius 1 is 1.20 bits per heavy atom. The van der Waals surface area contributed by atoms with Crippen molar-refractivity contribution in [1.82, 2.24) is 20.4 Å². The summed E-state index contributed by atoms with van der Waals surface area (Å²) in [6.45, 7) is 13.4. The predicted molar refractivity (Wildman–Crippen MR) is 81.8 cm³/mol. The van der Waals surface area contributed by atoms with Gasteiger partial charge in [0.05, 0.1) is 5.54 Å². The van der Waals surface area contributed by atoms with Crippen molar-refractivity contribution in [3.8, 4) is 0 Å². The Morgan fingerprint density at radius 2 is 1.80 bits per heavy atom. The van der Waals surface area contributed by atoms with Crippen molar-refractivity contribution in [2.45, 2.75) is 45.2 Å². The van der Waals surface area contributed by atoms with Gasteiger partial charge in [-0.15, -0.1) is 0 Å². The van der Waals surface area contributed by atoms with Gasteiger partial charge >= 0.3 is 0 Å². The van der Waals surface area contributed by atoms with Crippen molar-refractivity contribution in [3.05, 3.63) is 0 Å². The summed E-state index contributed by atoms with van der Waals surface area (Å²) in [7, 11) is 0. The first-order chi connectivity index (χ1) is 9.50. The molecule has 1 amide bonds. The molecule has 0 bridgehead atoms. The fraction of sp³-hybridized carbons (Fsp3) is 0.933. The summed E-state index contributed by atoms with van der Waals surface area (Å²) in [4.78, 5) is 17.3. The normalized spacial score (nSPS) is 23.8. The van der Waals surface area contributed by atoms with E-state index in [1.54, 1.807) is 0 Å². The van der Waals surface area contributed by atoms with Crippen molar-refractivity contribution in [3.63, 3.8) is 0 Å². The molecular formula is C15H30N4O. The maximum absolute atomic E-state index is 12.6. The van der Waals surface area contributed by atoms with Crippen LogP contribution in [-0.4, -0.2) is 73.1 Å². The van der Waals surface area contributed by atoms with Crippen LogP contribution in [0.5, 0.6) is 0 Å².